The Bertz CT molecular complexity index is 1270. The second-order valence-electron chi connectivity index (χ2n) is 8.90. The number of pyridine rings is 1. The number of methoxy groups -OCH3 is 1. The number of ether oxygens (including phenoxy) is 2. The Morgan fingerprint density at radius 3 is 2.43 bits per heavy atom. The van der Waals surface area contributed by atoms with Crippen molar-refractivity contribution < 1.29 is 32.2 Å². The molecule has 0 aliphatic carbocycles. The lowest BCUT2D eigenvalue weighted by Gasteiger charge is -2.28. The average molecular weight is 556 g/mol. The van der Waals surface area contributed by atoms with Crippen LogP contribution in [0.15, 0.2) is 41.1 Å². The Morgan fingerprint density at radius 2 is 1.86 bits per heavy atom. The van der Waals surface area contributed by atoms with Crippen molar-refractivity contribution in [2.75, 3.05) is 18.6 Å². The number of hydrogen-bond acceptors (Lipinski definition) is 5. The van der Waals surface area contributed by atoms with E-state index in [0.717, 1.165) is 4.90 Å². The number of hydrogen-bond donors (Lipinski definition) is 0. The number of carbonyl (C=O) groups excluding carboxylic acids is 2. The maximum absolute atomic E-state index is 13.1. The van der Waals surface area contributed by atoms with E-state index in [-0.39, 0.29) is 11.3 Å². The fraction of sp³-hybridized carbons (Fsp3) is 0.375. The highest BCUT2D eigenvalue weighted by Crippen LogP contribution is 2.33. The number of aromatic nitrogens is 2. The molecule has 11 heteroatoms. The number of rotatable bonds is 5. The summed E-state index contributed by atoms with van der Waals surface area (Å²) in [6.07, 6.45) is -3.35. The van der Waals surface area contributed by atoms with Crippen molar-refractivity contribution in [2.24, 2.45) is 0 Å². The second-order valence-corrected chi connectivity index (χ2v) is 9.81. The zero-order valence-corrected chi connectivity index (χ0v) is 21.5. The van der Waals surface area contributed by atoms with Crippen molar-refractivity contribution >= 4 is 39.3 Å². The highest BCUT2D eigenvalue weighted by atomic mass is 79.9. The van der Waals surface area contributed by atoms with Gasteiger partial charge in [-0.05, 0) is 67.4 Å². The van der Waals surface area contributed by atoms with Gasteiger partial charge in [0.1, 0.15) is 5.60 Å². The van der Waals surface area contributed by atoms with E-state index in [0.29, 0.717) is 26.9 Å². The van der Waals surface area contributed by atoms with E-state index in [1.807, 2.05) is 0 Å². The predicted molar refractivity (Wildman–Crippen MR) is 129 cm³/mol. The van der Waals surface area contributed by atoms with E-state index in [9.17, 15) is 22.8 Å². The minimum absolute atomic E-state index is 0.159. The van der Waals surface area contributed by atoms with Gasteiger partial charge in [-0.2, -0.15) is 13.2 Å². The number of fused-ring (bicyclic) bond motifs is 1. The van der Waals surface area contributed by atoms with Gasteiger partial charge in [-0.15, -0.1) is 0 Å². The number of halogens is 4. The summed E-state index contributed by atoms with van der Waals surface area (Å²) in [5.74, 6) is -0.463. The van der Waals surface area contributed by atoms with Crippen molar-refractivity contribution in [1.82, 2.24) is 9.38 Å². The molecular formula is C24H25BrF3N3O4. The van der Waals surface area contributed by atoms with Gasteiger partial charge in [-0.3, -0.25) is 9.30 Å². The first-order valence-corrected chi connectivity index (χ1v) is 11.4. The SMILES string of the molecule is COC(=O)c1ccc(-c2cnc3c(N(CCC(F)(F)F)C(=O)OC(C)(C)C)cc(Br)cn23)cc1C. The van der Waals surface area contributed by atoms with Crippen LogP contribution in [0.25, 0.3) is 16.9 Å². The highest BCUT2D eigenvalue weighted by molar-refractivity contribution is 9.10. The minimum atomic E-state index is -4.47. The molecule has 188 valence electrons. The third-order valence-corrected chi connectivity index (χ3v) is 5.44. The Morgan fingerprint density at radius 1 is 1.17 bits per heavy atom. The van der Waals surface area contributed by atoms with E-state index < -0.39 is 36.8 Å². The molecule has 0 spiro atoms. The summed E-state index contributed by atoms with van der Waals surface area (Å²) in [5.41, 5.74) is 1.94. The molecule has 2 aromatic heterocycles. The number of amides is 1. The van der Waals surface area contributed by atoms with E-state index in [1.165, 1.54) is 13.2 Å². The molecule has 3 rings (SSSR count). The predicted octanol–water partition coefficient (Wildman–Crippen LogP) is 6.55. The van der Waals surface area contributed by atoms with Crippen LogP contribution in [0, 0.1) is 6.92 Å². The van der Waals surface area contributed by atoms with Crippen molar-refractivity contribution in [3.05, 3.63) is 52.3 Å². The van der Waals surface area contributed by atoms with Crippen LogP contribution in [0.3, 0.4) is 0 Å². The first-order valence-electron chi connectivity index (χ1n) is 10.6. The molecule has 1 aromatic carbocycles. The number of carbonyl (C=O) groups is 2. The molecule has 0 saturated carbocycles. The molecule has 3 aromatic rings. The average Bonchev–Trinajstić information content (AvgIpc) is 3.14. The summed E-state index contributed by atoms with van der Waals surface area (Å²) in [5, 5.41) is 0. The monoisotopic (exact) mass is 555 g/mol. The number of esters is 1. The smallest absolute Gasteiger partial charge is 0.414 e. The van der Waals surface area contributed by atoms with Gasteiger partial charge in [0.05, 0.1) is 36.7 Å². The summed E-state index contributed by atoms with van der Waals surface area (Å²) >= 11 is 3.39. The number of alkyl halides is 3. The third-order valence-electron chi connectivity index (χ3n) is 5.00. The lowest BCUT2D eigenvalue weighted by molar-refractivity contribution is -0.132. The molecule has 0 bridgehead atoms. The van der Waals surface area contributed by atoms with E-state index in [1.54, 1.807) is 62.7 Å². The molecule has 0 radical (unpaired) electrons. The normalized spacial score (nSPS) is 12.0. The van der Waals surface area contributed by atoms with Gasteiger partial charge < -0.3 is 9.47 Å². The first kappa shape index (κ1) is 26.5. The molecule has 0 saturated heterocycles. The molecule has 35 heavy (non-hydrogen) atoms. The zero-order chi connectivity index (χ0) is 26.1. The van der Waals surface area contributed by atoms with Crippen LogP contribution in [0.4, 0.5) is 23.7 Å². The number of anilines is 1. The molecule has 0 aliphatic rings. The van der Waals surface area contributed by atoms with Crippen LogP contribution in [0.2, 0.25) is 0 Å². The van der Waals surface area contributed by atoms with E-state index >= 15 is 0 Å². The van der Waals surface area contributed by atoms with Crippen LogP contribution in [-0.4, -0.2) is 46.9 Å². The Hall–Kier alpha value is -3.08. The van der Waals surface area contributed by atoms with Gasteiger partial charge in [0.25, 0.3) is 0 Å². The summed E-state index contributed by atoms with van der Waals surface area (Å²) < 4.78 is 51.5. The van der Waals surface area contributed by atoms with Gasteiger partial charge in [0.15, 0.2) is 5.65 Å². The van der Waals surface area contributed by atoms with E-state index in [4.69, 9.17) is 9.47 Å². The van der Waals surface area contributed by atoms with E-state index in [2.05, 4.69) is 20.9 Å². The molecule has 7 nitrogen and oxygen atoms in total. The summed E-state index contributed by atoms with van der Waals surface area (Å²) in [6, 6.07) is 6.66. The Balaban J connectivity index is 2.12. The maximum atomic E-state index is 13.1. The highest BCUT2D eigenvalue weighted by Gasteiger charge is 2.32. The van der Waals surface area contributed by atoms with Gasteiger partial charge in [-0.1, -0.05) is 6.07 Å². The van der Waals surface area contributed by atoms with Crippen molar-refractivity contribution in [3.63, 3.8) is 0 Å². The van der Waals surface area contributed by atoms with Crippen molar-refractivity contribution in [1.29, 1.82) is 0 Å². The maximum Gasteiger partial charge on any atom is 0.414 e. The fourth-order valence-electron chi connectivity index (χ4n) is 3.48. The minimum Gasteiger partial charge on any atom is -0.465 e. The first-order chi connectivity index (χ1) is 16.2. The van der Waals surface area contributed by atoms with Crippen LogP contribution in [0.1, 0.15) is 43.1 Å². The lowest BCUT2D eigenvalue weighted by atomic mass is 10.0. The number of benzene rings is 1. The molecular weight excluding hydrogens is 531 g/mol. The van der Waals surface area contributed by atoms with Crippen molar-refractivity contribution in [2.45, 2.75) is 45.9 Å². The molecule has 1 amide bonds. The van der Waals surface area contributed by atoms with Gasteiger partial charge >= 0.3 is 18.2 Å². The standard InChI is InChI=1S/C24H25BrF3N3O4/c1-14-10-15(6-7-17(14)21(32)34-5)19-12-29-20-18(11-16(25)13-31(19)20)30(9-8-24(26,27)28)22(33)35-23(2,3)4/h6-7,10-13H,8-9H2,1-5H3. The lowest BCUT2D eigenvalue weighted by Crippen LogP contribution is -2.39. The molecule has 0 atom stereocenters. The molecule has 0 N–H and O–H groups in total. The van der Waals surface area contributed by atoms with Crippen LogP contribution in [-0.2, 0) is 9.47 Å². The zero-order valence-electron chi connectivity index (χ0n) is 19.9. The second kappa shape index (κ2) is 9.88. The summed E-state index contributed by atoms with van der Waals surface area (Å²) in [7, 11) is 1.30. The van der Waals surface area contributed by atoms with Crippen LogP contribution < -0.4 is 4.90 Å². The quantitative estimate of drug-likeness (QED) is 0.333. The molecule has 0 fully saturated rings. The number of aryl methyl sites for hydroxylation is 1. The largest absolute Gasteiger partial charge is 0.465 e. The Kier molecular flexibility index (Phi) is 7.49. The number of nitrogens with zero attached hydrogens (tertiary/aromatic N) is 3. The van der Waals surface area contributed by atoms with Crippen LogP contribution in [0.5, 0.6) is 0 Å². The molecule has 0 aliphatic heterocycles. The van der Waals surface area contributed by atoms with Crippen molar-refractivity contribution in [3.8, 4) is 11.3 Å². The van der Waals surface area contributed by atoms with Gasteiger partial charge in [0, 0.05) is 22.8 Å². The molecule has 2 heterocycles. The molecule has 0 unspecified atom stereocenters. The topological polar surface area (TPSA) is 73.1 Å². The Labute approximate surface area is 209 Å². The van der Waals surface area contributed by atoms with Crippen LogP contribution >= 0.6 is 15.9 Å². The third kappa shape index (κ3) is 6.33. The summed E-state index contributed by atoms with van der Waals surface area (Å²) in [6.45, 7) is 6.03. The number of imidazole rings is 1. The van der Waals surface area contributed by atoms with Gasteiger partial charge in [-0.25, -0.2) is 14.6 Å². The fourth-order valence-corrected chi connectivity index (χ4v) is 3.90. The summed E-state index contributed by atoms with van der Waals surface area (Å²) in [4.78, 5) is 30.2. The van der Waals surface area contributed by atoms with Gasteiger partial charge in [0.2, 0.25) is 0 Å².